The van der Waals surface area contributed by atoms with E-state index in [2.05, 4.69) is 26.0 Å². The van der Waals surface area contributed by atoms with E-state index in [0.717, 1.165) is 22.4 Å². The van der Waals surface area contributed by atoms with E-state index in [1.54, 1.807) is 18.2 Å². The van der Waals surface area contributed by atoms with Crippen LogP contribution in [0, 0.1) is 0 Å². The van der Waals surface area contributed by atoms with Crippen molar-refractivity contribution in [3.63, 3.8) is 0 Å². The molecule has 5 aromatic rings. The van der Waals surface area contributed by atoms with Gasteiger partial charge in [0, 0.05) is 10.9 Å². The van der Waals surface area contributed by atoms with Gasteiger partial charge in [-0.1, -0.05) is 103 Å². The Bertz CT molecular complexity index is 2010. The van der Waals surface area contributed by atoms with Gasteiger partial charge in [0.1, 0.15) is 17.5 Å². The van der Waals surface area contributed by atoms with Crippen molar-refractivity contribution in [1.29, 1.82) is 0 Å². The molecule has 5 aromatic carbocycles. The molecule has 0 heterocycles. The molecular formula is C38H35BrN2O6S. The molecule has 8 nitrogen and oxygen atoms in total. The van der Waals surface area contributed by atoms with E-state index in [0.29, 0.717) is 15.8 Å². The molecule has 0 aromatic heterocycles. The second-order valence-electron chi connectivity index (χ2n) is 12.3. The van der Waals surface area contributed by atoms with Gasteiger partial charge in [0.25, 0.3) is 15.9 Å². The first-order valence-corrected chi connectivity index (χ1v) is 17.4. The number of hydrogen-bond donors (Lipinski definition) is 3. The number of carboxylic acids is 1. The first-order valence-electron chi connectivity index (χ1n) is 15.2. The molecule has 0 bridgehead atoms. The largest absolute Gasteiger partial charge is 0.480 e. The number of ether oxygens (including phenoxy) is 1. The standard InChI is InChI=1S/C38H35BrN2O6S/c1-38(2,3)28-15-20-32(21-16-28)48(45,46)41-34-22-17-29(39)24-33(34)36(42)40-35(37(43)44)23-25-9-11-26(12-10-25)27-13-18-31(19-14-27)47-30-7-5-4-6-8-30/h4-22,24,35,41H,23H2,1-3H3,(H,40,42)(H,43,44)/t35-/m0/s1. The number of sulfonamides is 1. The van der Waals surface area contributed by atoms with Gasteiger partial charge in [-0.2, -0.15) is 0 Å². The number of aliphatic carboxylic acids is 1. The fourth-order valence-electron chi connectivity index (χ4n) is 4.98. The van der Waals surface area contributed by atoms with Gasteiger partial charge in [0.05, 0.1) is 16.1 Å². The van der Waals surface area contributed by atoms with E-state index in [-0.39, 0.29) is 28.0 Å². The molecule has 3 N–H and O–H groups in total. The highest BCUT2D eigenvalue weighted by molar-refractivity contribution is 9.10. The van der Waals surface area contributed by atoms with E-state index >= 15 is 0 Å². The molecule has 0 fully saturated rings. The number of carbonyl (C=O) groups is 2. The summed E-state index contributed by atoms with van der Waals surface area (Å²) in [4.78, 5) is 25.7. The molecule has 0 spiro atoms. The Morgan fingerprint density at radius 1 is 0.792 bits per heavy atom. The van der Waals surface area contributed by atoms with E-state index < -0.39 is 27.9 Å². The third kappa shape index (κ3) is 8.70. The van der Waals surface area contributed by atoms with E-state index in [1.165, 1.54) is 24.3 Å². The van der Waals surface area contributed by atoms with Crippen molar-refractivity contribution in [3.05, 3.63) is 142 Å². The molecular weight excluding hydrogens is 692 g/mol. The van der Waals surface area contributed by atoms with Gasteiger partial charge in [-0.05, 0) is 82.3 Å². The quantitative estimate of drug-likeness (QED) is 0.126. The number of rotatable bonds is 11. The van der Waals surface area contributed by atoms with Gasteiger partial charge in [-0.3, -0.25) is 9.52 Å². The minimum Gasteiger partial charge on any atom is -0.480 e. The molecule has 48 heavy (non-hydrogen) atoms. The molecule has 1 atom stereocenters. The summed E-state index contributed by atoms with van der Waals surface area (Å²) >= 11 is 3.33. The maximum Gasteiger partial charge on any atom is 0.326 e. The fourth-order valence-corrected chi connectivity index (χ4v) is 6.42. The monoisotopic (exact) mass is 726 g/mol. The zero-order valence-corrected chi connectivity index (χ0v) is 29.0. The highest BCUT2D eigenvalue weighted by Crippen LogP contribution is 2.28. The maximum atomic E-state index is 13.4. The van der Waals surface area contributed by atoms with Crippen molar-refractivity contribution in [2.24, 2.45) is 0 Å². The molecule has 10 heteroatoms. The van der Waals surface area contributed by atoms with Crippen LogP contribution in [0.25, 0.3) is 11.1 Å². The number of nitrogens with one attached hydrogen (secondary N) is 2. The molecule has 0 unspecified atom stereocenters. The van der Waals surface area contributed by atoms with Crippen LogP contribution in [0.2, 0.25) is 0 Å². The summed E-state index contributed by atoms with van der Waals surface area (Å²) in [5.74, 6) is -0.511. The van der Waals surface area contributed by atoms with Gasteiger partial charge in [-0.15, -0.1) is 0 Å². The Kier molecular flexibility index (Phi) is 10.4. The first kappa shape index (κ1) is 34.4. The number of carboxylic acid groups (broad SMARTS) is 1. The van der Waals surface area contributed by atoms with E-state index in [1.807, 2.05) is 99.6 Å². The SMILES string of the molecule is CC(C)(C)c1ccc(S(=O)(=O)Nc2ccc(Br)cc2C(=O)N[C@@H](Cc2ccc(-c3ccc(Oc4ccccc4)cc3)cc2)C(=O)O)cc1. The van der Waals surface area contributed by atoms with Crippen molar-refractivity contribution in [2.45, 2.75) is 43.5 Å². The molecule has 246 valence electrons. The Morgan fingerprint density at radius 2 is 1.38 bits per heavy atom. The molecule has 0 aliphatic rings. The number of halogens is 1. The third-order valence-electron chi connectivity index (χ3n) is 7.66. The van der Waals surface area contributed by atoms with Crippen LogP contribution in [0.1, 0.15) is 42.3 Å². The maximum absolute atomic E-state index is 13.4. The molecule has 0 saturated heterocycles. The lowest BCUT2D eigenvalue weighted by Gasteiger charge is -2.20. The normalized spacial score (nSPS) is 12.2. The van der Waals surface area contributed by atoms with Crippen LogP contribution in [0.15, 0.2) is 131 Å². The van der Waals surface area contributed by atoms with Crippen LogP contribution in [0.5, 0.6) is 11.5 Å². The van der Waals surface area contributed by atoms with Gasteiger partial charge in [-0.25, -0.2) is 13.2 Å². The van der Waals surface area contributed by atoms with Gasteiger partial charge in [0.2, 0.25) is 0 Å². The predicted molar refractivity (Wildman–Crippen MR) is 191 cm³/mol. The second kappa shape index (κ2) is 14.5. The number of para-hydroxylation sites is 1. The number of hydrogen-bond acceptors (Lipinski definition) is 5. The molecule has 0 saturated carbocycles. The second-order valence-corrected chi connectivity index (χ2v) is 14.9. The summed E-state index contributed by atoms with van der Waals surface area (Å²) in [5, 5.41) is 12.5. The topological polar surface area (TPSA) is 122 Å². The fraction of sp³-hybridized carbons (Fsp3) is 0.158. The van der Waals surface area contributed by atoms with Crippen LogP contribution in [-0.2, 0) is 26.7 Å². The molecule has 5 rings (SSSR count). The Morgan fingerprint density at radius 3 is 1.96 bits per heavy atom. The number of anilines is 1. The Balaban J connectivity index is 1.27. The van der Waals surface area contributed by atoms with Gasteiger partial charge < -0.3 is 15.2 Å². The molecule has 0 aliphatic heterocycles. The van der Waals surface area contributed by atoms with Crippen LogP contribution < -0.4 is 14.8 Å². The molecule has 0 radical (unpaired) electrons. The highest BCUT2D eigenvalue weighted by atomic mass is 79.9. The third-order valence-corrected chi connectivity index (χ3v) is 9.54. The summed E-state index contributed by atoms with van der Waals surface area (Å²) in [6, 6.07) is 34.3. The van der Waals surface area contributed by atoms with Gasteiger partial charge in [0.15, 0.2) is 0 Å². The van der Waals surface area contributed by atoms with Crippen molar-refractivity contribution < 1.29 is 27.9 Å². The molecule has 0 aliphatic carbocycles. The van der Waals surface area contributed by atoms with Crippen molar-refractivity contribution in [2.75, 3.05) is 4.72 Å². The minimum absolute atomic E-state index is 0.0143. The average Bonchev–Trinajstić information content (AvgIpc) is 3.06. The first-order chi connectivity index (χ1) is 22.8. The lowest BCUT2D eigenvalue weighted by molar-refractivity contribution is -0.139. The summed E-state index contributed by atoms with van der Waals surface area (Å²) in [5.41, 5.74) is 3.40. The number of amides is 1. The van der Waals surface area contributed by atoms with Gasteiger partial charge >= 0.3 is 5.97 Å². The zero-order valence-electron chi connectivity index (χ0n) is 26.6. The van der Waals surface area contributed by atoms with Crippen LogP contribution in [0.3, 0.4) is 0 Å². The van der Waals surface area contributed by atoms with Crippen molar-refractivity contribution in [3.8, 4) is 22.6 Å². The Labute approximate surface area is 289 Å². The van der Waals surface area contributed by atoms with Crippen molar-refractivity contribution in [1.82, 2.24) is 5.32 Å². The summed E-state index contributed by atoms with van der Waals surface area (Å²) < 4.78 is 35.4. The van der Waals surface area contributed by atoms with Crippen LogP contribution in [-0.4, -0.2) is 31.4 Å². The van der Waals surface area contributed by atoms with E-state index in [9.17, 15) is 23.1 Å². The smallest absolute Gasteiger partial charge is 0.326 e. The predicted octanol–water partition coefficient (Wildman–Crippen LogP) is 8.43. The highest BCUT2D eigenvalue weighted by Gasteiger charge is 2.25. The average molecular weight is 728 g/mol. The van der Waals surface area contributed by atoms with E-state index in [4.69, 9.17) is 4.74 Å². The number of carbonyl (C=O) groups excluding carboxylic acids is 1. The summed E-state index contributed by atoms with van der Waals surface area (Å²) in [6.45, 7) is 6.10. The van der Waals surface area contributed by atoms with Crippen LogP contribution in [0.4, 0.5) is 5.69 Å². The summed E-state index contributed by atoms with van der Waals surface area (Å²) in [7, 11) is -4.05. The van der Waals surface area contributed by atoms with Crippen molar-refractivity contribution >= 4 is 43.5 Å². The lowest BCUT2D eigenvalue weighted by atomic mass is 9.87. The van der Waals surface area contributed by atoms with Crippen LogP contribution >= 0.6 is 15.9 Å². The zero-order chi connectivity index (χ0) is 34.5. The molecule has 1 amide bonds. The number of benzene rings is 5. The minimum atomic E-state index is -4.05. The summed E-state index contributed by atoms with van der Waals surface area (Å²) in [6.07, 6.45) is 0.0143. The lowest BCUT2D eigenvalue weighted by Crippen LogP contribution is -2.42. The Hall–Kier alpha value is -4.93.